The van der Waals surface area contributed by atoms with Gasteiger partial charge in [-0.3, -0.25) is 0 Å². The van der Waals surface area contributed by atoms with Gasteiger partial charge in [0.2, 0.25) is 11.4 Å². The lowest BCUT2D eigenvalue weighted by molar-refractivity contribution is -0.620. The van der Waals surface area contributed by atoms with Crippen LogP contribution in [0.3, 0.4) is 0 Å². The van der Waals surface area contributed by atoms with Crippen LogP contribution in [0.4, 0.5) is 0 Å². The van der Waals surface area contributed by atoms with Crippen molar-refractivity contribution in [1.82, 2.24) is 4.98 Å². The Labute approximate surface area is 59.9 Å². The van der Waals surface area contributed by atoms with Crippen molar-refractivity contribution in [1.29, 1.82) is 0 Å². The molecule has 0 amide bonds. The van der Waals surface area contributed by atoms with Crippen molar-refractivity contribution in [3.05, 3.63) is 28.5 Å². The summed E-state index contributed by atoms with van der Waals surface area (Å²) < 4.78 is 0.891. The molecule has 0 radical (unpaired) electrons. The van der Waals surface area contributed by atoms with Crippen molar-refractivity contribution in [3.63, 3.8) is 0 Å². The van der Waals surface area contributed by atoms with Crippen LogP contribution >= 0.6 is 0 Å². The zero-order chi connectivity index (χ0) is 7.72. The van der Waals surface area contributed by atoms with Crippen LogP contribution in [0, 0.1) is 26.0 Å². The molecule has 0 saturated heterocycles. The predicted molar refractivity (Wildman–Crippen MR) is 37.4 cm³/mol. The lowest BCUT2D eigenvalue weighted by Crippen LogP contribution is -2.34. The summed E-state index contributed by atoms with van der Waals surface area (Å²) in [6.07, 6.45) is 1.58. The number of rotatable bonds is 0. The second-order valence-electron chi connectivity index (χ2n) is 2.36. The van der Waals surface area contributed by atoms with Crippen molar-refractivity contribution in [2.75, 3.05) is 0 Å². The van der Waals surface area contributed by atoms with E-state index in [1.807, 2.05) is 6.92 Å². The van der Waals surface area contributed by atoms with E-state index in [4.69, 9.17) is 0 Å². The Hall–Kier alpha value is -1.12. The Kier molecular flexibility index (Phi) is 1.57. The Morgan fingerprint density at radius 2 is 2.00 bits per heavy atom. The van der Waals surface area contributed by atoms with E-state index < -0.39 is 0 Å². The minimum atomic E-state index is 0.642. The lowest BCUT2D eigenvalue weighted by atomic mass is 10.3. The summed E-state index contributed by atoms with van der Waals surface area (Å²) in [5, 5.41) is 11.1. The molecule has 0 saturated carbocycles. The summed E-state index contributed by atoms with van der Waals surface area (Å²) >= 11 is 0. The molecule has 3 heteroatoms. The summed E-state index contributed by atoms with van der Waals surface area (Å²) in [6.45, 7) is 5.33. The van der Waals surface area contributed by atoms with Gasteiger partial charge in [0.15, 0.2) is 0 Å². The smallest absolute Gasteiger partial charge is 0.211 e. The second-order valence-corrected chi connectivity index (χ2v) is 2.36. The fourth-order valence-corrected chi connectivity index (χ4v) is 0.748. The van der Waals surface area contributed by atoms with Crippen molar-refractivity contribution < 1.29 is 4.73 Å². The minimum Gasteiger partial charge on any atom is -0.618 e. The zero-order valence-corrected chi connectivity index (χ0v) is 6.38. The van der Waals surface area contributed by atoms with Crippen LogP contribution in [0.25, 0.3) is 0 Å². The molecule has 54 valence electrons. The van der Waals surface area contributed by atoms with Crippen LogP contribution in [0.2, 0.25) is 0 Å². The summed E-state index contributed by atoms with van der Waals surface area (Å²) in [5.74, 6) is 0. The van der Waals surface area contributed by atoms with Gasteiger partial charge in [-0.1, -0.05) is 0 Å². The van der Waals surface area contributed by atoms with Gasteiger partial charge in [0.25, 0.3) is 0 Å². The summed E-state index contributed by atoms with van der Waals surface area (Å²) in [5.41, 5.74) is 2.11. The topological polar surface area (TPSA) is 39.8 Å². The molecule has 1 aromatic rings. The van der Waals surface area contributed by atoms with Crippen LogP contribution < -0.4 is 4.73 Å². The maximum atomic E-state index is 11.1. The van der Waals surface area contributed by atoms with E-state index in [2.05, 4.69) is 4.98 Å². The highest BCUT2D eigenvalue weighted by molar-refractivity contribution is 5.02. The normalized spacial score (nSPS) is 9.90. The van der Waals surface area contributed by atoms with Gasteiger partial charge >= 0.3 is 0 Å². The van der Waals surface area contributed by atoms with Crippen LogP contribution in [-0.4, -0.2) is 4.98 Å². The molecular weight excluding hydrogens is 128 g/mol. The molecule has 0 N–H and O–H groups in total. The molecule has 0 spiro atoms. The monoisotopic (exact) mass is 138 g/mol. The molecule has 0 aliphatic rings. The first-order valence-corrected chi connectivity index (χ1v) is 3.15. The maximum Gasteiger partial charge on any atom is 0.211 e. The van der Waals surface area contributed by atoms with E-state index in [9.17, 15) is 5.21 Å². The molecule has 0 aliphatic heterocycles. The van der Waals surface area contributed by atoms with Gasteiger partial charge in [0.05, 0.1) is 6.20 Å². The third kappa shape index (κ3) is 0.943. The summed E-state index contributed by atoms with van der Waals surface area (Å²) in [4.78, 5) is 4.02. The first kappa shape index (κ1) is 6.99. The van der Waals surface area contributed by atoms with E-state index in [0.29, 0.717) is 11.4 Å². The Balaban J connectivity index is 3.34. The Morgan fingerprint density at radius 1 is 1.40 bits per heavy atom. The van der Waals surface area contributed by atoms with Crippen LogP contribution in [0.5, 0.6) is 0 Å². The molecule has 1 rings (SSSR count). The van der Waals surface area contributed by atoms with Gasteiger partial charge in [-0.25, -0.2) is 4.98 Å². The van der Waals surface area contributed by atoms with E-state index >= 15 is 0 Å². The third-order valence-electron chi connectivity index (χ3n) is 1.59. The molecule has 3 nitrogen and oxygen atoms in total. The van der Waals surface area contributed by atoms with Gasteiger partial charge in [-0.05, 0) is 6.92 Å². The van der Waals surface area contributed by atoms with Gasteiger partial charge in [0.1, 0.15) is 5.69 Å². The van der Waals surface area contributed by atoms with E-state index in [-0.39, 0.29) is 0 Å². The van der Waals surface area contributed by atoms with Gasteiger partial charge in [-0.15, -0.1) is 0 Å². The molecule has 1 aromatic heterocycles. The molecule has 10 heavy (non-hydrogen) atoms. The number of hydrogen-bond donors (Lipinski definition) is 0. The van der Waals surface area contributed by atoms with Crippen molar-refractivity contribution >= 4 is 0 Å². The number of aryl methyl sites for hydroxylation is 2. The average molecular weight is 138 g/mol. The quantitative estimate of drug-likeness (QED) is 0.390. The second kappa shape index (κ2) is 2.25. The van der Waals surface area contributed by atoms with Crippen molar-refractivity contribution in [3.8, 4) is 0 Å². The summed E-state index contributed by atoms with van der Waals surface area (Å²) in [6, 6.07) is 0. The van der Waals surface area contributed by atoms with Crippen LogP contribution in [0.1, 0.15) is 17.1 Å². The molecule has 0 unspecified atom stereocenters. The maximum absolute atomic E-state index is 11.1. The molecule has 0 fully saturated rings. The van der Waals surface area contributed by atoms with E-state index in [1.165, 1.54) is 0 Å². The zero-order valence-electron chi connectivity index (χ0n) is 6.38. The molecular formula is C7H10N2O. The number of nitrogens with zero attached hydrogens (tertiary/aromatic N) is 2. The van der Waals surface area contributed by atoms with Crippen LogP contribution in [0.15, 0.2) is 6.20 Å². The first-order chi connectivity index (χ1) is 4.63. The summed E-state index contributed by atoms with van der Waals surface area (Å²) in [7, 11) is 0. The molecule has 0 aliphatic carbocycles. The SMILES string of the molecule is Cc1ncc(C)[n+]([O-])c1C. The fourth-order valence-electron chi connectivity index (χ4n) is 0.748. The minimum absolute atomic E-state index is 0.642. The Bertz CT molecular complexity index is 231. The fraction of sp³-hybridized carbons (Fsp3) is 0.429. The van der Waals surface area contributed by atoms with E-state index in [0.717, 1.165) is 10.4 Å². The standard InChI is InChI=1S/C7H10N2O/c1-5-4-8-6(2)7(3)9(5)10/h4H,1-3H3. The number of hydrogen-bond acceptors (Lipinski definition) is 2. The van der Waals surface area contributed by atoms with Gasteiger partial charge in [-0.2, -0.15) is 4.73 Å². The van der Waals surface area contributed by atoms with Crippen LogP contribution in [-0.2, 0) is 0 Å². The largest absolute Gasteiger partial charge is 0.618 e. The highest BCUT2D eigenvalue weighted by Gasteiger charge is 2.05. The van der Waals surface area contributed by atoms with E-state index in [1.54, 1.807) is 20.0 Å². The van der Waals surface area contributed by atoms with Gasteiger partial charge < -0.3 is 5.21 Å². The van der Waals surface area contributed by atoms with Gasteiger partial charge in [0, 0.05) is 13.8 Å². The molecule has 0 atom stereocenters. The molecule has 0 aromatic carbocycles. The Morgan fingerprint density at radius 3 is 2.50 bits per heavy atom. The highest BCUT2D eigenvalue weighted by Crippen LogP contribution is 1.96. The third-order valence-corrected chi connectivity index (χ3v) is 1.59. The van der Waals surface area contributed by atoms with Crippen molar-refractivity contribution in [2.24, 2.45) is 0 Å². The lowest BCUT2D eigenvalue weighted by Gasteiger charge is -2.03. The highest BCUT2D eigenvalue weighted by atomic mass is 16.5. The predicted octanol–water partition coefficient (Wildman–Crippen LogP) is 0.640. The van der Waals surface area contributed by atoms with Crippen molar-refractivity contribution in [2.45, 2.75) is 20.8 Å². The molecule has 0 bridgehead atoms. The first-order valence-electron chi connectivity index (χ1n) is 3.15. The number of aromatic nitrogens is 2. The average Bonchev–Trinajstić information content (AvgIpc) is 1.93. The molecule has 1 heterocycles.